The fourth-order valence-corrected chi connectivity index (χ4v) is 3.92. The highest BCUT2D eigenvalue weighted by Crippen LogP contribution is 2.34. The van der Waals surface area contributed by atoms with E-state index in [1.165, 1.54) is 30.8 Å². The van der Waals surface area contributed by atoms with E-state index in [0.29, 0.717) is 16.9 Å². The molecule has 0 aliphatic rings. The van der Waals surface area contributed by atoms with Crippen LogP contribution in [0.25, 0.3) is 5.65 Å². The number of fused-ring (bicyclic) bond motifs is 1. The maximum Gasteiger partial charge on any atom is 0.348 e. The van der Waals surface area contributed by atoms with E-state index in [2.05, 4.69) is 10.3 Å². The maximum atomic E-state index is 13.6. The number of aryl methyl sites for hydroxylation is 1. The molecule has 0 aliphatic heterocycles. The van der Waals surface area contributed by atoms with Gasteiger partial charge in [0, 0.05) is 6.20 Å². The van der Waals surface area contributed by atoms with Crippen LogP contribution in [-0.4, -0.2) is 41.5 Å². The number of rotatable bonds is 4. The van der Waals surface area contributed by atoms with Crippen LogP contribution in [0.5, 0.6) is 0 Å². The number of carbonyl (C=O) groups is 3. The smallest absolute Gasteiger partial charge is 0.348 e. The monoisotopic (exact) mass is 405 g/mol. The van der Waals surface area contributed by atoms with Gasteiger partial charge in [-0.2, -0.15) is 0 Å². The number of ether oxygens (including phenoxy) is 2. The number of carbonyl (C=O) groups excluding carboxylic acids is 3. The largest absolute Gasteiger partial charge is 0.465 e. The predicted molar refractivity (Wildman–Crippen MR) is 99.6 cm³/mol. The van der Waals surface area contributed by atoms with E-state index in [-0.39, 0.29) is 21.1 Å². The van der Waals surface area contributed by atoms with E-state index in [1.807, 2.05) is 0 Å². The van der Waals surface area contributed by atoms with Crippen molar-refractivity contribution in [1.29, 1.82) is 0 Å². The third kappa shape index (κ3) is 3.22. The SMILES string of the molecule is COC(=O)c1sc(NC(=O)c2c(C)nc3ccc(F)cn23)c(C(=O)OC)c1C. The molecule has 0 saturated carbocycles. The molecule has 8 nitrogen and oxygen atoms in total. The van der Waals surface area contributed by atoms with Crippen molar-refractivity contribution in [2.75, 3.05) is 19.5 Å². The number of nitrogens with one attached hydrogen (secondary N) is 1. The third-order valence-corrected chi connectivity index (χ3v) is 5.29. The lowest BCUT2D eigenvalue weighted by Crippen LogP contribution is -2.17. The topological polar surface area (TPSA) is 99.0 Å². The Bertz CT molecular complexity index is 1120. The van der Waals surface area contributed by atoms with Crippen LogP contribution >= 0.6 is 11.3 Å². The molecule has 0 spiro atoms. The van der Waals surface area contributed by atoms with Gasteiger partial charge in [0.1, 0.15) is 27.0 Å². The van der Waals surface area contributed by atoms with Crippen molar-refractivity contribution in [3.8, 4) is 0 Å². The molecule has 0 atom stereocenters. The van der Waals surface area contributed by atoms with Crippen LogP contribution < -0.4 is 5.32 Å². The summed E-state index contributed by atoms with van der Waals surface area (Å²) in [6.07, 6.45) is 1.14. The zero-order valence-corrected chi connectivity index (χ0v) is 16.3. The molecule has 3 heterocycles. The summed E-state index contributed by atoms with van der Waals surface area (Å²) in [6.45, 7) is 3.17. The molecule has 0 saturated heterocycles. The number of imidazole rings is 1. The molecule has 3 aromatic rings. The summed E-state index contributed by atoms with van der Waals surface area (Å²) in [4.78, 5) is 41.4. The van der Waals surface area contributed by atoms with E-state index in [0.717, 1.165) is 17.5 Å². The van der Waals surface area contributed by atoms with Crippen LogP contribution in [0, 0.1) is 19.7 Å². The fraction of sp³-hybridized carbons (Fsp3) is 0.222. The molecule has 1 amide bonds. The lowest BCUT2D eigenvalue weighted by molar-refractivity contribution is 0.0601. The molecular weight excluding hydrogens is 389 g/mol. The molecule has 3 aromatic heterocycles. The second kappa shape index (κ2) is 7.39. The van der Waals surface area contributed by atoms with Crippen LogP contribution in [0.2, 0.25) is 0 Å². The average molecular weight is 405 g/mol. The Morgan fingerprint density at radius 2 is 1.82 bits per heavy atom. The van der Waals surface area contributed by atoms with Crippen molar-refractivity contribution < 1.29 is 28.2 Å². The normalized spacial score (nSPS) is 10.8. The molecule has 28 heavy (non-hydrogen) atoms. The zero-order valence-electron chi connectivity index (χ0n) is 15.5. The number of anilines is 1. The molecule has 10 heteroatoms. The van der Waals surface area contributed by atoms with Crippen molar-refractivity contribution in [2.24, 2.45) is 0 Å². The Balaban J connectivity index is 2.08. The van der Waals surface area contributed by atoms with E-state index in [1.54, 1.807) is 13.8 Å². The van der Waals surface area contributed by atoms with Gasteiger partial charge in [-0.25, -0.2) is 19.0 Å². The van der Waals surface area contributed by atoms with Crippen molar-refractivity contribution in [3.05, 3.63) is 51.5 Å². The average Bonchev–Trinajstić information content (AvgIpc) is 3.16. The van der Waals surface area contributed by atoms with Gasteiger partial charge in [0.25, 0.3) is 5.91 Å². The maximum absolute atomic E-state index is 13.6. The first kappa shape index (κ1) is 19.5. The molecule has 1 N–H and O–H groups in total. The molecule has 0 unspecified atom stereocenters. The van der Waals surface area contributed by atoms with Crippen molar-refractivity contribution in [3.63, 3.8) is 0 Å². The summed E-state index contributed by atoms with van der Waals surface area (Å²) < 4.78 is 24.4. The minimum absolute atomic E-state index is 0.0545. The van der Waals surface area contributed by atoms with Gasteiger partial charge in [-0.15, -0.1) is 11.3 Å². The van der Waals surface area contributed by atoms with E-state index in [9.17, 15) is 18.8 Å². The first-order valence-corrected chi connectivity index (χ1v) is 8.85. The Morgan fingerprint density at radius 1 is 1.14 bits per heavy atom. The van der Waals surface area contributed by atoms with E-state index in [4.69, 9.17) is 9.47 Å². The fourth-order valence-electron chi connectivity index (χ4n) is 2.81. The number of methoxy groups -OCH3 is 2. The molecule has 0 fully saturated rings. The van der Waals surface area contributed by atoms with Crippen LogP contribution in [0.15, 0.2) is 18.3 Å². The summed E-state index contributed by atoms with van der Waals surface area (Å²) in [5.41, 5.74) is 1.27. The molecule has 0 aromatic carbocycles. The Hall–Kier alpha value is -3.27. The highest BCUT2D eigenvalue weighted by Gasteiger charge is 2.28. The van der Waals surface area contributed by atoms with Crippen molar-refractivity contribution >= 4 is 39.8 Å². The van der Waals surface area contributed by atoms with Gasteiger partial charge < -0.3 is 14.8 Å². The standard InChI is InChI=1S/C18H16FN3O5S/c1-8-12(17(24)26-3)16(28-14(8)18(25)27-4)21-15(23)13-9(2)20-11-6-5-10(19)7-22(11)13/h5-7H,1-4H3,(H,21,23). The summed E-state index contributed by atoms with van der Waals surface area (Å²) >= 11 is 0.891. The van der Waals surface area contributed by atoms with Crippen LogP contribution in [-0.2, 0) is 9.47 Å². The molecule has 0 radical (unpaired) electrons. The minimum Gasteiger partial charge on any atom is -0.465 e. The Kier molecular flexibility index (Phi) is 5.14. The Labute approximate surface area is 162 Å². The van der Waals surface area contributed by atoms with Crippen LogP contribution in [0.1, 0.15) is 41.8 Å². The van der Waals surface area contributed by atoms with Gasteiger partial charge in [-0.05, 0) is 31.5 Å². The number of amides is 1. The lowest BCUT2D eigenvalue weighted by atomic mass is 10.1. The molecular formula is C18H16FN3O5S. The lowest BCUT2D eigenvalue weighted by Gasteiger charge is -2.07. The number of halogens is 1. The predicted octanol–water partition coefficient (Wildman–Crippen LogP) is 2.98. The second-order valence-electron chi connectivity index (χ2n) is 5.82. The highest BCUT2D eigenvalue weighted by atomic mass is 32.1. The first-order valence-electron chi connectivity index (χ1n) is 8.04. The summed E-state index contributed by atoms with van der Waals surface area (Å²) in [6, 6.07) is 2.69. The Morgan fingerprint density at radius 3 is 2.46 bits per heavy atom. The van der Waals surface area contributed by atoms with Gasteiger partial charge >= 0.3 is 11.9 Å². The first-order chi connectivity index (χ1) is 13.3. The van der Waals surface area contributed by atoms with Crippen LogP contribution in [0.4, 0.5) is 9.39 Å². The third-order valence-electron chi connectivity index (χ3n) is 4.11. The number of thiophene rings is 1. The molecule has 146 valence electrons. The number of nitrogens with zero attached hydrogens (tertiary/aromatic N) is 2. The van der Waals surface area contributed by atoms with Gasteiger partial charge in [0.15, 0.2) is 0 Å². The molecule has 0 bridgehead atoms. The van der Waals surface area contributed by atoms with E-state index < -0.39 is 23.7 Å². The van der Waals surface area contributed by atoms with Gasteiger partial charge in [0.2, 0.25) is 0 Å². The minimum atomic E-state index is -0.708. The van der Waals surface area contributed by atoms with Gasteiger partial charge in [0.05, 0.1) is 25.5 Å². The van der Waals surface area contributed by atoms with Crippen molar-refractivity contribution in [1.82, 2.24) is 9.38 Å². The molecule has 0 aliphatic carbocycles. The van der Waals surface area contributed by atoms with Crippen LogP contribution in [0.3, 0.4) is 0 Å². The van der Waals surface area contributed by atoms with Crippen molar-refractivity contribution in [2.45, 2.75) is 13.8 Å². The zero-order chi connectivity index (χ0) is 20.6. The summed E-state index contributed by atoms with van der Waals surface area (Å²) in [7, 11) is 2.41. The second-order valence-corrected chi connectivity index (χ2v) is 6.84. The van der Waals surface area contributed by atoms with Gasteiger partial charge in [-0.1, -0.05) is 0 Å². The number of pyridine rings is 1. The summed E-state index contributed by atoms with van der Waals surface area (Å²) in [5, 5.41) is 2.73. The number of hydrogen-bond donors (Lipinski definition) is 1. The summed E-state index contributed by atoms with van der Waals surface area (Å²) in [5.74, 6) is -2.49. The number of esters is 2. The highest BCUT2D eigenvalue weighted by molar-refractivity contribution is 7.18. The quantitative estimate of drug-likeness (QED) is 0.670. The van der Waals surface area contributed by atoms with E-state index >= 15 is 0 Å². The number of aromatic nitrogens is 2. The number of hydrogen-bond acceptors (Lipinski definition) is 7. The van der Waals surface area contributed by atoms with Gasteiger partial charge in [-0.3, -0.25) is 9.20 Å². The molecule has 3 rings (SSSR count).